The molecule has 1 fully saturated rings. The van der Waals surface area contributed by atoms with Gasteiger partial charge in [0.05, 0.1) is 12.2 Å². The van der Waals surface area contributed by atoms with Crippen molar-refractivity contribution in [3.63, 3.8) is 0 Å². The molecule has 0 saturated carbocycles. The third kappa shape index (κ3) is 1.85. The Labute approximate surface area is 88.2 Å². The predicted octanol–water partition coefficient (Wildman–Crippen LogP) is -0.470. The maximum absolute atomic E-state index is 12.0. The zero-order valence-electron chi connectivity index (χ0n) is 8.97. The van der Waals surface area contributed by atoms with Gasteiger partial charge in [0.15, 0.2) is 5.82 Å². The normalized spacial score (nSPS) is 22.1. The molecule has 0 spiro atoms. The summed E-state index contributed by atoms with van der Waals surface area (Å²) in [6, 6.07) is -0.0826. The van der Waals surface area contributed by atoms with Gasteiger partial charge >= 0.3 is 0 Å². The molecule has 1 aromatic rings. The number of amides is 1. The van der Waals surface area contributed by atoms with Gasteiger partial charge in [-0.05, 0) is 19.9 Å². The Morgan fingerprint density at radius 2 is 2.40 bits per heavy atom. The quantitative estimate of drug-likeness (QED) is 0.715. The topological polar surface area (TPSA) is 63.1 Å². The summed E-state index contributed by atoms with van der Waals surface area (Å²) in [7, 11) is 3.60. The molecule has 1 N–H and O–H groups in total. The number of aryl methyl sites for hydroxylation is 1. The van der Waals surface area contributed by atoms with E-state index < -0.39 is 0 Å². The minimum Gasteiger partial charge on any atom is -0.309 e. The summed E-state index contributed by atoms with van der Waals surface area (Å²) in [5, 5.41) is 10.8. The molecule has 82 valence electrons. The minimum atomic E-state index is -0.0826. The Bertz CT molecular complexity index is 361. The lowest BCUT2D eigenvalue weighted by atomic mass is 10.1. The molecule has 1 aliphatic rings. The van der Waals surface area contributed by atoms with Gasteiger partial charge in [-0.3, -0.25) is 14.4 Å². The molecule has 6 nitrogen and oxygen atoms in total. The van der Waals surface area contributed by atoms with Crippen molar-refractivity contribution in [2.45, 2.75) is 18.9 Å². The lowest BCUT2D eigenvalue weighted by Crippen LogP contribution is -2.50. The Morgan fingerprint density at radius 3 is 3.00 bits per heavy atom. The highest BCUT2D eigenvalue weighted by Gasteiger charge is 2.29. The maximum atomic E-state index is 12.0. The highest BCUT2D eigenvalue weighted by Crippen LogP contribution is 2.17. The number of rotatable bonds is 2. The molecule has 0 bridgehead atoms. The van der Waals surface area contributed by atoms with Gasteiger partial charge in [0.2, 0.25) is 5.91 Å². The standard InChI is InChI=1S/C9H15N5O/c1-10-7-4-3-5-14(9(7)15)8-6-13(2)12-11-8/h6-7,10H,3-5H2,1-2H3/t7-/m0/s1. The largest absolute Gasteiger partial charge is 0.309 e. The second kappa shape index (κ2) is 3.98. The SMILES string of the molecule is CN[C@H]1CCCN(c2cn(C)nn2)C1=O. The number of piperidine rings is 1. The van der Waals surface area contributed by atoms with Crippen molar-refractivity contribution in [1.29, 1.82) is 0 Å². The van der Waals surface area contributed by atoms with Gasteiger partial charge in [0, 0.05) is 13.6 Å². The first-order valence-corrected chi connectivity index (χ1v) is 5.07. The number of hydrogen-bond acceptors (Lipinski definition) is 4. The molecule has 1 atom stereocenters. The van der Waals surface area contributed by atoms with E-state index in [4.69, 9.17) is 0 Å². The van der Waals surface area contributed by atoms with Crippen molar-refractivity contribution in [2.75, 3.05) is 18.5 Å². The van der Waals surface area contributed by atoms with Crippen LogP contribution < -0.4 is 10.2 Å². The summed E-state index contributed by atoms with van der Waals surface area (Å²) in [5.74, 6) is 0.728. The summed E-state index contributed by atoms with van der Waals surface area (Å²) in [6.45, 7) is 0.732. The molecule has 2 heterocycles. The summed E-state index contributed by atoms with van der Waals surface area (Å²) in [6.07, 6.45) is 3.65. The Balaban J connectivity index is 2.18. The Hall–Kier alpha value is -1.43. The van der Waals surface area contributed by atoms with E-state index in [1.54, 1.807) is 22.8 Å². The van der Waals surface area contributed by atoms with Crippen LogP contribution in [0.15, 0.2) is 6.20 Å². The molecule has 1 aromatic heterocycles. The summed E-state index contributed by atoms with van der Waals surface area (Å²) >= 11 is 0. The van der Waals surface area contributed by atoms with Crippen LogP contribution in [0.25, 0.3) is 0 Å². The third-order valence-corrected chi connectivity index (χ3v) is 2.65. The number of aromatic nitrogens is 3. The highest BCUT2D eigenvalue weighted by molar-refractivity contribution is 5.96. The first kappa shape index (κ1) is 10.1. The fraction of sp³-hybridized carbons (Fsp3) is 0.667. The van der Waals surface area contributed by atoms with E-state index in [2.05, 4.69) is 15.6 Å². The number of nitrogens with zero attached hydrogens (tertiary/aromatic N) is 4. The molecule has 0 aliphatic carbocycles. The van der Waals surface area contributed by atoms with Crippen LogP contribution in [0.2, 0.25) is 0 Å². The predicted molar refractivity (Wildman–Crippen MR) is 55.4 cm³/mol. The van der Waals surface area contributed by atoms with Gasteiger partial charge in [-0.15, -0.1) is 5.10 Å². The van der Waals surface area contributed by atoms with Crippen molar-refractivity contribution in [3.05, 3.63) is 6.20 Å². The van der Waals surface area contributed by atoms with Crippen LogP contribution >= 0.6 is 0 Å². The number of nitrogens with one attached hydrogen (secondary N) is 1. The van der Waals surface area contributed by atoms with E-state index in [1.165, 1.54) is 0 Å². The van der Waals surface area contributed by atoms with Gasteiger partial charge < -0.3 is 5.32 Å². The van der Waals surface area contributed by atoms with Crippen molar-refractivity contribution in [1.82, 2.24) is 20.3 Å². The van der Waals surface area contributed by atoms with Crippen LogP contribution in [0, 0.1) is 0 Å². The molecule has 0 unspecified atom stereocenters. The number of hydrogen-bond donors (Lipinski definition) is 1. The molecular formula is C9H15N5O. The van der Waals surface area contributed by atoms with Crippen LogP contribution in [0.3, 0.4) is 0 Å². The molecule has 0 radical (unpaired) electrons. The van der Waals surface area contributed by atoms with Crippen molar-refractivity contribution in [2.24, 2.45) is 7.05 Å². The van der Waals surface area contributed by atoms with Crippen LogP contribution in [-0.4, -0.2) is 40.5 Å². The molecule has 6 heteroatoms. The maximum Gasteiger partial charge on any atom is 0.245 e. The van der Waals surface area contributed by atoms with Crippen LogP contribution in [-0.2, 0) is 11.8 Å². The fourth-order valence-electron chi connectivity index (χ4n) is 1.83. The number of anilines is 1. The summed E-state index contributed by atoms with van der Waals surface area (Å²) in [5.41, 5.74) is 0. The number of carbonyl (C=O) groups excluding carboxylic acids is 1. The van der Waals surface area contributed by atoms with E-state index in [0.29, 0.717) is 5.82 Å². The summed E-state index contributed by atoms with van der Waals surface area (Å²) in [4.78, 5) is 13.6. The van der Waals surface area contributed by atoms with E-state index in [1.807, 2.05) is 7.05 Å². The van der Waals surface area contributed by atoms with Crippen molar-refractivity contribution in [3.8, 4) is 0 Å². The van der Waals surface area contributed by atoms with Gasteiger partial charge in [-0.1, -0.05) is 5.21 Å². The smallest absolute Gasteiger partial charge is 0.245 e. The lowest BCUT2D eigenvalue weighted by Gasteiger charge is -2.30. The second-order valence-corrected chi connectivity index (χ2v) is 3.72. The minimum absolute atomic E-state index is 0.0826. The zero-order valence-corrected chi connectivity index (χ0v) is 8.97. The molecule has 1 aliphatic heterocycles. The van der Waals surface area contributed by atoms with Crippen molar-refractivity contribution >= 4 is 11.7 Å². The molecular weight excluding hydrogens is 194 g/mol. The molecule has 2 rings (SSSR count). The third-order valence-electron chi connectivity index (χ3n) is 2.65. The van der Waals surface area contributed by atoms with Crippen LogP contribution in [0.1, 0.15) is 12.8 Å². The van der Waals surface area contributed by atoms with Gasteiger partial charge in [0.25, 0.3) is 0 Å². The van der Waals surface area contributed by atoms with Gasteiger partial charge in [-0.2, -0.15) is 0 Å². The molecule has 0 aromatic carbocycles. The average molecular weight is 209 g/mol. The number of carbonyl (C=O) groups is 1. The highest BCUT2D eigenvalue weighted by atomic mass is 16.2. The van der Waals surface area contributed by atoms with Crippen LogP contribution in [0.5, 0.6) is 0 Å². The molecule has 1 saturated heterocycles. The average Bonchev–Trinajstić information content (AvgIpc) is 2.65. The van der Waals surface area contributed by atoms with E-state index in [-0.39, 0.29) is 11.9 Å². The van der Waals surface area contributed by atoms with E-state index in [9.17, 15) is 4.79 Å². The first-order valence-electron chi connectivity index (χ1n) is 5.07. The molecule has 15 heavy (non-hydrogen) atoms. The number of likely N-dealkylation sites (N-methyl/N-ethyl adjacent to an activating group) is 1. The fourth-order valence-corrected chi connectivity index (χ4v) is 1.83. The Kier molecular flexibility index (Phi) is 2.68. The molecule has 1 amide bonds. The lowest BCUT2D eigenvalue weighted by molar-refractivity contribution is -0.121. The monoisotopic (exact) mass is 209 g/mol. The van der Waals surface area contributed by atoms with Crippen LogP contribution in [0.4, 0.5) is 5.82 Å². The van der Waals surface area contributed by atoms with E-state index in [0.717, 1.165) is 19.4 Å². The van der Waals surface area contributed by atoms with E-state index >= 15 is 0 Å². The van der Waals surface area contributed by atoms with Crippen molar-refractivity contribution < 1.29 is 4.79 Å². The Morgan fingerprint density at radius 1 is 1.60 bits per heavy atom. The summed E-state index contributed by atoms with van der Waals surface area (Å²) < 4.78 is 1.60. The first-order chi connectivity index (χ1) is 7.22. The second-order valence-electron chi connectivity index (χ2n) is 3.72. The van der Waals surface area contributed by atoms with Gasteiger partial charge in [0.1, 0.15) is 0 Å². The zero-order chi connectivity index (χ0) is 10.8. The van der Waals surface area contributed by atoms with Gasteiger partial charge in [-0.25, -0.2) is 0 Å².